The molecule has 0 saturated carbocycles. The zero-order chi connectivity index (χ0) is 9.80. The molecule has 0 bridgehead atoms. The molecule has 4 nitrogen and oxygen atoms in total. The molecule has 1 aromatic heterocycles. The van der Waals surface area contributed by atoms with Gasteiger partial charge in [0.05, 0.1) is 0 Å². The minimum absolute atomic E-state index is 0.749. The fourth-order valence-corrected chi connectivity index (χ4v) is 2.07. The standard InChI is InChI=1S/C9H14N4S/c1-2-11-9-12-8(14-13-9)7-4-3-5-10-6-7/h4,10H,2-3,5-6H2,1H3,(H,11,13). The normalized spacial score (nSPS) is 16.5. The van der Waals surface area contributed by atoms with Gasteiger partial charge in [-0.25, -0.2) is 4.98 Å². The van der Waals surface area contributed by atoms with Gasteiger partial charge in [0, 0.05) is 13.1 Å². The minimum atomic E-state index is 0.749. The Bertz CT molecular complexity index is 331. The summed E-state index contributed by atoms with van der Waals surface area (Å²) < 4.78 is 4.23. The number of nitrogens with zero attached hydrogens (tertiary/aromatic N) is 2. The molecule has 2 rings (SSSR count). The first kappa shape index (κ1) is 9.61. The predicted octanol–water partition coefficient (Wildman–Crippen LogP) is 1.35. The fraction of sp³-hybridized carbons (Fsp3) is 0.556. The smallest absolute Gasteiger partial charge is 0.235 e. The summed E-state index contributed by atoms with van der Waals surface area (Å²) in [6, 6.07) is 0. The van der Waals surface area contributed by atoms with Crippen LogP contribution in [0, 0.1) is 0 Å². The maximum absolute atomic E-state index is 4.41. The number of hydrogen-bond acceptors (Lipinski definition) is 5. The maximum Gasteiger partial charge on any atom is 0.235 e. The highest BCUT2D eigenvalue weighted by molar-refractivity contribution is 7.06. The Balaban J connectivity index is 2.11. The van der Waals surface area contributed by atoms with Crippen LogP contribution in [0.4, 0.5) is 5.95 Å². The molecular formula is C9H14N4S. The Hall–Kier alpha value is -0.940. The molecule has 1 aliphatic rings. The van der Waals surface area contributed by atoms with E-state index in [-0.39, 0.29) is 0 Å². The van der Waals surface area contributed by atoms with Crippen LogP contribution in [-0.4, -0.2) is 29.0 Å². The van der Waals surface area contributed by atoms with Gasteiger partial charge in [-0.15, -0.1) is 0 Å². The van der Waals surface area contributed by atoms with Crippen LogP contribution in [0.1, 0.15) is 18.4 Å². The van der Waals surface area contributed by atoms with Crippen molar-refractivity contribution in [3.8, 4) is 0 Å². The molecule has 1 aliphatic heterocycles. The third-order valence-electron chi connectivity index (χ3n) is 2.06. The van der Waals surface area contributed by atoms with Crippen molar-refractivity contribution >= 4 is 23.1 Å². The molecule has 0 amide bonds. The molecule has 1 aromatic rings. The van der Waals surface area contributed by atoms with Crippen molar-refractivity contribution in [1.29, 1.82) is 0 Å². The summed E-state index contributed by atoms with van der Waals surface area (Å²) in [5.74, 6) is 0.749. The van der Waals surface area contributed by atoms with Crippen LogP contribution in [0.3, 0.4) is 0 Å². The second-order valence-corrected chi connectivity index (χ2v) is 3.90. The average Bonchev–Trinajstić information content (AvgIpc) is 2.68. The lowest BCUT2D eigenvalue weighted by Gasteiger charge is -2.10. The Labute approximate surface area is 87.6 Å². The van der Waals surface area contributed by atoms with E-state index in [0.29, 0.717) is 0 Å². The van der Waals surface area contributed by atoms with E-state index in [0.717, 1.165) is 37.0 Å². The largest absolute Gasteiger partial charge is 0.354 e. The van der Waals surface area contributed by atoms with Gasteiger partial charge in [0.15, 0.2) is 0 Å². The molecule has 0 aliphatic carbocycles. The average molecular weight is 210 g/mol. The van der Waals surface area contributed by atoms with Crippen molar-refractivity contribution in [2.24, 2.45) is 0 Å². The zero-order valence-electron chi connectivity index (χ0n) is 8.21. The topological polar surface area (TPSA) is 49.8 Å². The maximum atomic E-state index is 4.41. The third kappa shape index (κ3) is 2.10. The van der Waals surface area contributed by atoms with Crippen molar-refractivity contribution in [2.45, 2.75) is 13.3 Å². The fourth-order valence-electron chi connectivity index (χ4n) is 1.39. The van der Waals surface area contributed by atoms with E-state index < -0.39 is 0 Å². The van der Waals surface area contributed by atoms with Crippen LogP contribution in [0.15, 0.2) is 6.08 Å². The van der Waals surface area contributed by atoms with E-state index in [2.05, 4.69) is 26.1 Å². The van der Waals surface area contributed by atoms with Crippen molar-refractivity contribution < 1.29 is 0 Å². The van der Waals surface area contributed by atoms with E-state index in [4.69, 9.17) is 0 Å². The van der Waals surface area contributed by atoms with Crippen LogP contribution < -0.4 is 10.6 Å². The molecule has 76 valence electrons. The Morgan fingerprint density at radius 1 is 1.64 bits per heavy atom. The van der Waals surface area contributed by atoms with Gasteiger partial charge in [-0.05, 0) is 37.0 Å². The van der Waals surface area contributed by atoms with Gasteiger partial charge >= 0.3 is 0 Å². The number of rotatable bonds is 3. The van der Waals surface area contributed by atoms with Crippen LogP contribution >= 0.6 is 11.5 Å². The van der Waals surface area contributed by atoms with Gasteiger partial charge in [-0.3, -0.25) is 0 Å². The second-order valence-electron chi connectivity index (χ2n) is 3.15. The molecule has 0 unspecified atom stereocenters. The number of aromatic nitrogens is 2. The lowest BCUT2D eigenvalue weighted by atomic mass is 10.2. The van der Waals surface area contributed by atoms with Gasteiger partial charge in [0.25, 0.3) is 0 Å². The second kappa shape index (κ2) is 4.52. The van der Waals surface area contributed by atoms with Gasteiger partial charge < -0.3 is 10.6 Å². The van der Waals surface area contributed by atoms with Crippen LogP contribution in [0.25, 0.3) is 5.57 Å². The summed E-state index contributed by atoms with van der Waals surface area (Å²) in [7, 11) is 0. The third-order valence-corrected chi connectivity index (χ3v) is 2.85. The number of hydrogen-bond donors (Lipinski definition) is 2. The first-order valence-corrected chi connectivity index (χ1v) is 5.65. The van der Waals surface area contributed by atoms with E-state index in [1.54, 1.807) is 0 Å². The summed E-state index contributed by atoms with van der Waals surface area (Å²) in [6.07, 6.45) is 3.33. The van der Waals surface area contributed by atoms with E-state index >= 15 is 0 Å². The van der Waals surface area contributed by atoms with E-state index in [1.807, 2.05) is 6.92 Å². The summed E-state index contributed by atoms with van der Waals surface area (Å²) in [4.78, 5) is 4.41. The van der Waals surface area contributed by atoms with Crippen molar-refractivity contribution in [3.63, 3.8) is 0 Å². The Morgan fingerprint density at radius 3 is 3.29 bits per heavy atom. The van der Waals surface area contributed by atoms with Crippen LogP contribution in [-0.2, 0) is 0 Å². The molecule has 0 radical (unpaired) electrons. The highest BCUT2D eigenvalue weighted by Gasteiger charge is 2.10. The summed E-state index contributed by atoms with van der Waals surface area (Å²) in [6.45, 7) is 4.90. The number of nitrogens with one attached hydrogen (secondary N) is 2. The first-order valence-electron chi connectivity index (χ1n) is 4.88. The van der Waals surface area contributed by atoms with Crippen LogP contribution in [0.2, 0.25) is 0 Å². The first-order chi connectivity index (χ1) is 6.90. The highest BCUT2D eigenvalue weighted by atomic mass is 32.1. The summed E-state index contributed by atoms with van der Waals surface area (Å²) >= 11 is 1.46. The molecule has 2 N–H and O–H groups in total. The van der Waals surface area contributed by atoms with Crippen LogP contribution in [0.5, 0.6) is 0 Å². The molecule has 2 heterocycles. The SMILES string of the molecule is CCNc1nsc(C2=CCCNC2)n1. The lowest BCUT2D eigenvalue weighted by molar-refractivity contribution is 0.738. The van der Waals surface area contributed by atoms with Crippen molar-refractivity contribution in [3.05, 3.63) is 11.1 Å². The lowest BCUT2D eigenvalue weighted by Crippen LogP contribution is -2.21. The highest BCUT2D eigenvalue weighted by Crippen LogP contribution is 2.20. The molecule has 5 heteroatoms. The number of anilines is 1. The molecule has 0 atom stereocenters. The minimum Gasteiger partial charge on any atom is -0.354 e. The Kier molecular flexibility index (Phi) is 3.10. The van der Waals surface area contributed by atoms with Gasteiger partial charge in [-0.1, -0.05) is 6.08 Å². The molecule has 0 spiro atoms. The van der Waals surface area contributed by atoms with Gasteiger partial charge in [0.1, 0.15) is 5.01 Å². The molecule has 0 saturated heterocycles. The van der Waals surface area contributed by atoms with Crippen molar-refractivity contribution in [2.75, 3.05) is 25.0 Å². The van der Waals surface area contributed by atoms with Gasteiger partial charge in [0.2, 0.25) is 5.95 Å². The molecule has 14 heavy (non-hydrogen) atoms. The summed E-state index contributed by atoms with van der Waals surface area (Å²) in [5, 5.41) is 7.47. The zero-order valence-corrected chi connectivity index (χ0v) is 9.02. The molecular weight excluding hydrogens is 196 g/mol. The quantitative estimate of drug-likeness (QED) is 0.790. The van der Waals surface area contributed by atoms with Gasteiger partial charge in [-0.2, -0.15) is 4.37 Å². The van der Waals surface area contributed by atoms with E-state index in [1.165, 1.54) is 17.1 Å². The Morgan fingerprint density at radius 2 is 2.57 bits per heavy atom. The predicted molar refractivity (Wildman–Crippen MR) is 59.5 cm³/mol. The molecule has 0 fully saturated rings. The summed E-state index contributed by atoms with van der Waals surface area (Å²) in [5.41, 5.74) is 1.28. The van der Waals surface area contributed by atoms with E-state index in [9.17, 15) is 0 Å². The monoisotopic (exact) mass is 210 g/mol. The molecule has 0 aromatic carbocycles. The van der Waals surface area contributed by atoms with Crippen molar-refractivity contribution in [1.82, 2.24) is 14.7 Å².